The average molecular weight is 272 g/mol. The summed E-state index contributed by atoms with van der Waals surface area (Å²) in [6.45, 7) is 0.761. The molecule has 1 aromatic heterocycles. The van der Waals surface area contributed by atoms with E-state index in [1.54, 1.807) is 18.0 Å². The summed E-state index contributed by atoms with van der Waals surface area (Å²) in [4.78, 5) is 5.28. The Balaban J connectivity index is 2.04. The Morgan fingerprint density at radius 1 is 1.47 bits per heavy atom. The Bertz CT molecular complexity index is 598. The Morgan fingerprint density at radius 3 is 2.95 bits per heavy atom. The van der Waals surface area contributed by atoms with Crippen LogP contribution in [0.2, 0.25) is 0 Å². The molecule has 1 heterocycles. The van der Waals surface area contributed by atoms with E-state index in [2.05, 4.69) is 16.4 Å². The van der Waals surface area contributed by atoms with Crippen LogP contribution in [-0.4, -0.2) is 22.4 Å². The Hall–Kier alpha value is -1.93. The monoisotopic (exact) mass is 272 g/mol. The Kier molecular flexibility index (Phi) is 4.48. The number of nitrogens with one attached hydrogen (secondary N) is 1. The Labute approximate surface area is 117 Å². The number of rotatable bonds is 5. The summed E-state index contributed by atoms with van der Waals surface area (Å²) in [6, 6.07) is 8.14. The molecule has 1 N–H and O–H groups in total. The van der Waals surface area contributed by atoms with Crippen molar-refractivity contribution in [3.63, 3.8) is 0 Å². The van der Waals surface area contributed by atoms with E-state index in [1.807, 2.05) is 42.3 Å². The molecule has 0 atom stereocenters. The standard InChI is InChI=1S/C14H16N4S/c1-18-9-8-17-14(18)6-7-16-12-4-3-5-13(19-2)11(12)10-15/h3-5,8-9,16H,6-7H2,1-2H3. The van der Waals surface area contributed by atoms with Crippen molar-refractivity contribution in [2.75, 3.05) is 18.1 Å². The zero-order valence-electron chi connectivity index (χ0n) is 11.1. The number of benzene rings is 1. The molecule has 0 aliphatic carbocycles. The van der Waals surface area contributed by atoms with Gasteiger partial charge >= 0.3 is 0 Å². The molecule has 0 saturated carbocycles. The van der Waals surface area contributed by atoms with Gasteiger partial charge in [-0.3, -0.25) is 0 Å². The molecule has 1 aromatic carbocycles. The maximum Gasteiger partial charge on any atom is 0.110 e. The number of hydrogen-bond donors (Lipinski definition) is 1. The van der Waals surface area contributed by atoms with E-state index in [9.17, 15) is 5.26 Å². The maximum atomic E-state index is 9.24. The van der Waals surface area contributed by atoms with Crippen LogP contribution < -0.4 is 5.32 Å². The lowest BCUT2D eigenvalue weighted by molar-refractivity contribution is 0.789. The smallest absolute Gasteiger partial charge is 0.110 e. The van der Waals surface area contributed by atoms with E-state index < -0.39 is 0 Å². The second kappa shape index (κ2) is 6.30. The number of nitriles is 1. The van der Waals surface area contributed by atoms with Crippen molar-refractivity contribution in [3.8, 4) is 6.07 Å². The van der Waals surface area contributed by atoms with Crippen LogP contribution in [0.4, 0.5) is 5.69 Å². The zero-order chi connectivity index (χ0) is 13.7. The van der Waals surface area contributed by atoms with Crippen molar-refractivity contribution in [1.82, 2.24) is 9.55 Å². The first-order chi connectivity index (χ1) is 9.26. The molecule has 98 valence electrons. The second-order valence-corrected chi connectivity index (χ2v) is 4.97. The van der Waals surface area contributed by atoms with Crippen LogP contribution in [0.15, 0.2) is 35.5 Å². The first-order valence-corrected chi connectivity index (χ1v) is 7.26. The quantitative estimate of drug-likeness (QED) is 0.850. The zero-order valence-corrected chi connectivity index (χ0v) is 11.9. The molecule has 0 fully saturated rings. The van der Waals surface area contributed by atoms with Gasteiger partial charge in [0.2, 0.25) is 0 Å². The summed E-state index contributed by atoms with van der Waals surface area (Å²) in [5.41, 5.74) is 1.61. The summed E-state index contributed by atoms with van der Waals surface area (Å²) in [7, 11) is 1.98. The molecule has 19 heavy (non-hydrogen) atoms. The van der Waals surface area contributed by atoms with Crippen molar-refractivity contribution < 1.29 is 0 Å². The molecule has 0 aliphatic rings. The predicted molar refractivity (Wildman–Crippen MR) is 78.3 cm³/mol. The highest BCUT2D eigenvalue weighted by molar-refractivity contribution is 7.98. The minimum absolute atomic E-state index is 0.717. The van der Waals surface area contributed by atoms with Gasteiger partial charge in [-0.05, 0) is 18.4 Å². The summed E-state index contributed by atoms with van der Waals surface area (Å²) in [5.74, 6) is 1.03. The SMILES string of the molecule is CSc1cccc(NCCc2nccn2C)c1C#N. The summed E-state index contributed by atoms with van der Waals surface area (Å²) in [6.07, 6.45) is 6.54. The van der Waals surface area contributed by atoms with E-state index in [4.69, 9.17) is 0 Å². The third-order valence-electron chi connectivity index (χ3n) is 2.94. The maximum absolute atomic E-state index is 9.24. The fourth-order valence-corrected chi connectivity index (χ4v) is 2.48. The highest BCUT2D eigenvalue weighted by Crippen LogP contribution is 2.26. The predicted octanol–water partition coefficient (Wildman–Crippen LogP) is 2.67. The Morgan fingerprint density at radius 2 is 2.32 bits per heavy atom. The van der Waals surface area contributed by atoms with Gasteiger partial charge in [0.15, 0.2) is 0 Å². The minimum atomic E-state index is 0.717. The van der Waals surface area contributed by atoms with Crippen LogP contribution >= 0.6 is 11.8 Å². The molecular formula is C14H16N4S. The minimum Gasteiger partial charge on any atom is -0.383 e. The number of imidazole rings is 1. The third kappa shape index (κ3) is 3.09. The topological polar surface area (TPSA) is 53.6 Å². The highest BCUT2D eigenvalue weighted by atomic mass is 32.2. The highest BCUT2D eigenvalue weighted by Gasteiger charge is 2.07. The van der Waals surface area contributed by atoms with Crippen molar-refractivity contribution in [1.29, 1.82) is 5.26 Å². The van der Waals surface area contributed by atoms with E-state index in [1.165, 1.54) is 0 Å². The molecule has 0 unspecified atom stereocenters. The largest absolute Gasteiger partial charge is 0.383 e. The lowest BCUT2D eigenvalue weighted by atomic mass is 10.2. The normalized spacial score (nSPS) is 10.2. The molecule has 2 rings (SSSR count). The van der Waals surface area contributed by atoms with E-state index in [0.29, 0.717) is 0 Å². The van der Waals surface area contributed by atoms with Gasteiger partial charge in [-0.2, -0.15) is 5.26 Å². The van der Waals surface area contributed by atoms with E-state index >= 15 is 0 Å². The number of aryl methyl sites for hydroxylation is 1. The first kappa shape index (κ1) is 13.5. The van der Waals surface area contributed by atoms with Gasteiger partial charge in [0.25, 0.3) is 0 Å². The lowest BCUT2D eigenvalue weighted by Gasteiger charge is -2.10. The summed E-state index contributed by atoms with van der Waals surface area (Å²) < 4.78 is 2.01. The fraction of sp³-hybridized carbons (Fsp3) is 0.286. The van der Waals surface area contributed by atoms with Gasteiger partial charge in [-0.25, -0.2) is 4.98 Å². The van der Waals surface area contributed by atoms with Gasteiger partial charge < -0.3 is 9.88 Å². The van der Waals surface area contributed by atoms with E-state index in [0.717, 1.165) is 34.9 Å². The van der Waals surface area contributed by atoms with Crippen LogP contribution in [0.5, 0.6) is 0 Å². The molecule has 0 amide bonds. The van der Waals surface area contributed by atoms with Crippen LogP contribution in [0.25, 0.3) is 0 Å². The molecule has 0 spiro atoms. The number of anilines is 1. The van der Waals surface area contributed by atoms with Crippen LogP contribution in [0.1, 0.15) is 11.4 Å². The van der Waals surface area contributed by atoms with Crippen molar-refractivity contribution in [3.05, 3.63) is 42.0 Å². The molecule has 5 heteroatoms. The van der Waals surface area contributed by atoms with Crippen molar-refractivity contribution >= 4 is 17.4 Å². The van der Waals surface area contributed by atoms with Gasteiger partial charge in [0.05, 0.1) is 11.3 Å². The van der Waals surface area contributed by atoms with Crippen molar-refractivity contribution in [2.24, 2.45) is 7.05 Å². The molecular weight excluding hydrogens is 256 g/mol. The van der Waals surface area contributed by atoms with Crippen LogP contribution in [0.3, 0.4) is 0 Å². The van der Waals surface area contributed by atoms with Gasteiger partial charge in [0.1, 0.15) is 11.9 Å². The van der Waals surface area contributed by atoms with Crippen molar-refractivity contribution in [2.45, 2.75) is 11.3 Å². The van der Waals surface area contributed by atoms with Gasteiger partial charge in [-0.1, -0.05) is 6.07 Å². The average Bonchev–Trinajstić information content (AvgIpc) is 2.84. The second-order valence-electron chi connectivity index (χ2n) is 4.13. The number of aromatic nitrogens is 2. The number of hydrogen-bond acceptors (Lipinski definition) is 4. The molecule has 0 aliphatic heterocycles. The number of nitrogens with zero attached hydrogens (tertiary/aromatic N) is 3. The molecule has 0 radical (unpaired) electrons. The molecule has 0 bridgehead atoms. The van der Waals surface area contributed by atoms with Crippen LogP contribution in [-0.2, 0) is 13.5 Å². The van der Waals surface area contributed by atoms with Gasteiger partial charge in [-0.15, -0.1) is 11.8 Å². The first-order valence-electron chi connectivity index (χ1n) is 6.03. The molecule has 0 saturated heterocycles. The van der Waals surface area contributed by atoms with Gasteiger partial charge in [0, 0.05) is 37.3 Å². The lowest BCUT2D eigenvalue weighted by Crippen LogP contribution is -2.09. The summed E-state index contributed by atoms with van der Waals surface area (Å²) >= 11 is 1.59. The fourth-order valence-electron chi connectivity index (χ4n) is 1.91. The van der Waals surface area contributed by atoms with Crippen LogP contribution in [0, 0.1) is 11.3 Å². The summed E-state index contributed by atoms with van der Waals surface area (Å²) in [5, 5.41) is 12.6. The van der Waals surface area contributed by atoms with E-state index in [-0.39, 0.29) is 0 Å². The molecule has 2 aromatic rings. The number of thioether (sulfide) groups is 1. The third-order valence-corrected chi connectivity index (χ3v) is 3.72. The molecule has 4 nitrogen and oxygen atoms in total.